The van der Waals surface area contributed by atoms with Crippen molar-refractivity contribution in [3.63, 3.8) is 0 Å². The molecular weight excluding hydrogens is 977 g/mol. The highest BCUT2D eigenvalue weighted by molar-refractivity contribution is 5.89. The van der Waals surface area contributed by atoms with Crippen molar-refractivity contribution in [2.45, 2.75) is 20.8 Å². The fraction of sp³-hybridized carbons (Fsp3) is 0.250. The smallest absolute Gasteiger partial charge is 0.338 e. The molecule has 0 radical (unpaired) electrons. The van der Waals surface area contributed by atoms with Gasteiger partial charge in [-0.1, -0.05) is 92.5 Å². The average Bonchev–Trinajstić information content (AvgIpc) is 3.43. The standard InChI is InChI=1S/C28H30O7.C16H18O4.C12H10O2.C4H10O3/c1-18(2)26(29)33-16-21(17-34-27(30)19(3)4)15-32-24-11-7-22(8-12-24)23-9-13-25(14-10-23)35-28(31)20(5)6;17-9-12(10-18)11-20-16-7-3-14(4-8-16)13-1-5-15(19)6-2-13;13-11-5-1-9(2-6-11)10-3-7-12(14)8-4-10;5-1-4(2-6)3-7/h7-14,21H,1,3,5,15-17H2,2,4,6H3;1-8,12,17-19H,9-11H2;1-8,13-14H;4-7H,1-3H2. The molecule has 0 fully saturated rings. The number of hydrogen-bond donors (Lipinski definition) is 8. The van der Waals surface area contributed by atoms with Gasteiger partial charge >= 0.3 is 17.9 Å². The molecule has 0 amide bonds. The van der Waals surface area contributed by atoms with E-state index in [0.29, 0.717) is 22.8 Å². The Bertz CT molecular complexity index is 2610. The van der Waals surface area contributed by atoms with E-state index in [0.717, 1.165) is 33.4 Å². The molecule has 0 unspecified atom stereocenters. The van der Waals surface area contributed by atoms with Crippen LogP contribution in [0.4, 0.5) is 0 Å². The fourth-order valence-electron chi connectivity index (χ4n) is 5.90. The first-order valence-corrected chi connectivity index (χ1v) is 23.9. The van der Waals surface area contributed by atoms with E-state index in [9.17, 15) is 19.5 Å². The third kappa shape index (κ3) is 22.9. The van der Waals surface area contributed by atoms with Crippen LogP contribution in [-0.2, 0) is 23.9 Å². The van der Waals surface area contributed by atoms with Crippen molar-refractivity contribution in [3.05, 3.63) is 182 Å². The van der Waals surface area contributed by atoms with Gasteiger partial charge in [-0.2, -0.15) is 0 Å². The Labute approximate surface area is 443 Å². The van der Waals surface area contributed by atoms with Crippen LogP contribution in [0.2, 0.25) is 0 Å². The molecule has 0 aromatic heterocycles. The second kappa shape index (κ2) is 33.5. The molecule has 16 heteroatoms. The highest BCUT2D eigenvalue weighted by Crippen LogP contribution is 2.27. The lowest BCUT2D eigenvalue weighted by atomic mass is 10.1. The van der Waals surface area contributed by atoms with Crippen LogP contribution in [0.15, 0.2) is 182 Å². The molecule has 0 bridgehead atoms. The molecule has 0 aliphatic heterocycles. The first kappa shape index (κ1) is 62.0. The predicted molar refractivity (Wildman–Crippen MR) is 290 cm³/mol. The Hall–Kier alpha value is -8.25. The Kier molecular flexibility index (Phi) is 27.4. The van der Waals surface area contributed by atoms with E-state index in [-0.39, 0.29) is 106 Å². The summed E-state index contributed by atoms with van der Waals surface area (Å²) in [6, 6.07) is 42.9. The number of rotatable bonds is 22. The zero-order valence-electron chi connectivity index (χ0n) is 42.9. The van der Waals surface area contributed by atoms with Crippen LogP contribution in [0.25, 0.3) is 33.4 Å². The van der Waals surface area contributed by atoms with Crippen LogP contribution < -0.4 is 14.2 Å². The Morgan fingerprint density at radius 1 is 0.355 bits per heavy atom. The van der Waals surface area contributed by atoms with Gasteiger partial charge in [0.25, 0.3) is 0 Å². The van der Waals surface area contributed by atoms with Gasteiger partial charge in [0, 0.05) is 28.6 Å². The number of aliphatic hydroxyl groups is 5. The number of carbonyl (C=O) groups is 3. The van der Waals surface area contributed by atoms with Gasteiger partial charge in [-0.15, -0.1) is 0 Å². The minimum Gasteiger partial charge on any atom is -0.508 e. The van der Waals surface area contributed by atoms with E-state index < -0.39 is 17.9 Å². The van der Waals surface area contributed by atoms with E-state index in [1.54, 1.807) is 81.4 Å². The summed E-state index contributed by atoms with van der Waals surface area (Å²) < 4.78 is 26.9. The Morgan fingerprint density at radius 3 is 0.855 bits per heavy atom. The zero-order valence-corrected chi connectivity index (χ0v) is 42.9. The van der Waals surface area contributed by atoms with Gasteiger partial charge in [0.15, 0.2) is 0 Å². The van der Waals surface area contributed by atoms with Crippen molar-refractivity contribution < 1.29 is 78.9 Å². The molecule has 0 aliphatic rings. The summed E-state index contributed by atoms with van der Waals surface area (Å²) in [5, 5.41) is 70.0. The van der Waals surface area contributed by atoms with E-state index in [4.69, 9.17) is 59.4 Å². The summed E-state index contributed by atoms with van der Waals surface area (Å²) in [7, 11) is 0. The molecule has 404 valence electrons. The number of carbonyl (C=O) groups excluding carboxylic acids is 3. The SMILES string of the molecule is C=C(C)C(=O)OCC(COC(=O)C(=C)C)COc1ccc(-c2ccc(OC(=O)C(=C)C)cc2)cc1.OCC(CO)CO.OCC(CO)COc1ccc(-c2ccc(O)cc2)cc1.Oc1ccc(-c2ccc(O)cc2)cc1. The number of phenolic OH excluding ortho intramolecular Hbond substituents is 3. The van der Waals surface area contributed by atoms with Gasteiger partial charge in [0.05, 0.1) is 52.2 Å². The number of benzene rings is 6. The van der Waals surface area contributed by atoms with Crippen LogP contribution in [-0.4, -0.2) is 118 Å². The Balaban J connectivity index is 0.000000308. The van der Waals surface area contributed by atoms with E-state index in [2.05, 4.69) is 19.7 Å². The molecule has 6 aromatic rings. The van der Waals surface area contributed by atoms with E-state index in [1.165, 1.54) is 0 Å². The Morgan fingerprint density at radius 2 is 0.605 bits per heavy atom. The summed E-state index contributed by atoms with van der Waals surface area (Å²) in [5.41, 5.74) is 6.83. The normalized spacial score (nSPS) is 10.4. The summed E-state index contributed by atoms with van der Waals surface area (Å²) in [4.78, 5) is 35.1. The van der Waals surface area contributed by atoms with Gasteiger partial charge in [-0.25, -0.2) is 14.4 Å². The lowest BCUT2D eigenvalue weighted by Gasteiger charge is -2.18. The van der Waals surface area contributed by atoms with Crippen molar-refractivity contribution >= 4 is 17.9 Å². The molecule has 6 aromatic carbocycles. The van der Waals surface area contributed by atoms with Gasteiger partial charge in [-0.3, -0.25) is 0 Å². The number of ether oxygens (including phenoxy) is 5. The molecule has 8 N–H and O–H groups in total. The number of hydrogen-bond acceptors (Lipinski definition) is 16. The maximum Gasteiger partial charge on any atom is 0.338 e. The molecule has 0 spiro atoms. The summed E-state index contributed by atoms with van der Waals surface area (Å²) in [6.07, 6.45) is 0. The summed E-state index contributed by atoms with van der Waals surface area (Å²) in [6.45, 7) is 15.2. The lowest BCUT2D eigenvalue weighted by Crippen LogP contribution is -2.26. The van der Waals surface area contributed by atoms with E-state index >= 15 is 0 Å². The first-order valence-electron chi connectivity index (χ1n) is 23.9. The quantitative estimate of drug-likeness (QED) is 0.0180. The highest BCUT2D eigenvalue weighted by atomic mass is 16.6. The number of esters is 3. The summed E-state index contributed by atoms with van der Waals surface area (Å²) >= 11 is 0. The maximum absolute atomic E-state index is 11.7. The molecule has 16 nitrogen and oxygen atoms in total. The lowest BCUT2D eigenvalue weighted by molar-refractivity contribution is -0.144. The van der Waals surface area contributed by atoms with Crippen molar-refractivity contribution in [3.8, 4) is 67.9 Å². The van der Waals surface area contributed by atoms with Crippen LogP contribution in [0.1, 0.15) is 20.8 Å². The van der Waals surface area contributed by atoms with Crippen LogP contribution in [0.3, 0.4) is 0 Å². The minimum atomic E-state index is -0.522. The molecule has 0 heterocycles. The first-order chi connectivity index (χ1) is 36.4. The summed E-state index contributed by atoms with van der Waals surface area (Å²) in [5.74, 6) is -0.0104. The molecule has 0 atom stereocenters. The topological polar surface area (TPSA) is 259 Å². The molecule has 76 heavy (non-hydrogen) atoms. The molecule has 0 saturated carbocycles. The van der Waals surface area contributed by atoms with Gasteiger partial charge in [-0.05, 0) is 127 Å². The van der Waals surface area contributed by atoms with Gasteiger partial charge < -0.3 is 64.5 Å². The van der Waals surface area contributed by atoms with Gasteiger partial charge in [0.1, 0.15) is 47.7 Å². The van der Waals surface area contributed by atoms with Crippen molar-refractivity contribution in [2.75, 3.05) is 59.5 Å². The zero-order chi connectivity index (χ0) is 56.0. The van der Waals surface area contributed by atoms with Crippen LogP contribution in [0, 0.1) is 17.8 Å². The fourth-order valence-corrected chi connectivity index (χ4v) is 5.90. The number of aromatic hydroxyl groups is 3. The van der Waals surface area contributed by atoms with Gasteiger partial charge in [0.2, 0.25) is 0 Å². The van der Waals surface area contributed by atoms with Crippen LogP contribution >= 0.6 is 0 Å². The number of phenols is 3. The van der Waals surface area contributed by atoms with E-state index in [1.807, 2.05) is 84.9 Å². The second-order valence-electron chi connectivity index (χ2n) is 17.3. The van der Waals surface area contributed by atoms with Crippen molar-refractivity contribution in [2.24, 2.45) is 17.8 Å². The average molecular weight is 1050 g/mol. The highest BCUT2D eigenvalue weighted by Gasteiger charge is 2.17. The third-order valence-corrected chi connectivity index (χ3v) is 10.6. The van der Waals surface area contributed by atoms with Crippen molar-refractivity contribution in [1.29, 1.82) is 0 Å². The maximum atomic E-state index is 11.7. The molecule has 0 saturated heterocycles. The monoisotopic (exact) mass is 1040 g/mol. The van der Waals surface area contributed by atoms with Crippen LogP contribution in [0.5, 0.6) is 34.5 Å². The minimum absolute atomic E-state index is 0.00947. The number of aliphatic hydroxyl groups excluding tert-OH is 5. The molecule has 0 aliphatic carbocycles. The molecule has 6 rings (SSSR count). The largest absolute Gasteiger partial charge is 0.508 e. The van der Waals surface area contributed by atoms with Crippen molar-refractivity contribution in [1.82, 2.24) is 0 Å². The third-order valence-electron chi connectivity index (χ3n) is 10.6. The molecular formula is C60H68O16. The predicted octanol–water partition coefficient (Wildman–Crippen LogP) is 8.45. The second-order valence-corrected chi connectivity index (χ2v) is 17.3.